The zero-order valence-electron chi connectivity index (χ0n) is 31.5. The van der Waals surface area contributed by atoms with Gasteiger partial charge in [0.05, 0.1) is 6.42 Å². The summed E-state index contributed by atoms with van der Waals surface area (Å²) in [5, 5.41) is 25.7. The van der Waals surface area contributed by atoms with Crippen molar-refractivity contribution in [2.24, 2.45) is 23.7 Å². The number of aliphatic carboxylic acids is 1. The lowest BCUT2D eigenvalue weighted by Crippen LogP contribution is -2.48. The fourth-order valence-corrected chi connectivity index (χ4v) is 8.35. The Balaban J connectivity index is 0.000000204. The van der Waals surface area contributed by atoms with E-state index in [0.29, 0.717) is 50.3 Å². The van der Waals surface area contributed by atoms with Crippen molar-refractivity contribution in [1.29, 1.82) is 0 Å². The van der Waals surface area contributed by atoms with Crippen LogP contribution in [0.5, 0.6) is 0 Å². The number of carbonyl (C=O) groups is 4. The van der Waals surface area contributed by atoms with E-state index in [1.165, 1.54) is 64.2 Å². The smallest absolute Gasteiger partial charge is 0.304 e. The van der Waals surface area contributed by atoms with Gasteiger partial charge in [-0.2, -0.15) is 9.97 Å². The Bertz CT molecular complexity index is 1470. The van der Waals surface area contributed by atoms with E-state index in [0.717, 1.165) is 43.9 Å². The number of nitrogens with one attached hydrogen (secondary N) is 1. The Morgan fingerprint density at radius 3 is 1.49 bits per heavy atom. The minimum atomic E-state index is -0.879. The molecule has 0 aromatic carbocycles. The molecule has 2 saturated carbocycles. The summed E-state index contributed by atoms with van der Waals surface area (Å²) in [6.07, 6.45) is 18.7. The molecule has 2 aromatic heterocycles. The summed E-state index contributed by atoms with van der Waals surface area (Å²) in [5.41, 5.74) is 1.67. The van der Waals surface area contributed by atoms with Gasteiger partial charge in [0.15, 0.2) is 0 Å². The van der Waals surface area contributed by atoms with E-state index in [1.54, 1.807) is 15.3 Å². The van der Waals surface area contributed by atoms with Crippen molar-refractivity contribution in [2.45, 2.75) is 141 Å². The Hall–Kier alpha value is -3.88. The molecule has 15 nitrogen and oxygen atoms in total. The van der Waals surface area contributed by atoms with Crippen molar-refractivity contribution in [2.75, 3.05) is 26.2 Å². The van der Waals surface area contributed by atoms with Crippen molar-refractivity contribution < 1.29 is 38.5 Å². The van der Waals surface area contributed by atoms with E-state index in [9.17, 15) is 24.3 Å². The second-order valence-corrected chi connectivity index (χ2v) is 16.1. The molecule has 6 rings (SSSR count). The first-order chi connectivity index (χ1) is 25.6. The molecule has 53 heavy (non-hydrogen) atoms. The Kier molecular flexibility index (Phi) is 15.2. The van der Waals surface area contributed by atoms with Gasteiger partial charge in [0.25, 0.3) is 23.5 Å². The van der Waals surface area contributed by atoms with E-state index in [1.807, 2.05) is 0 Å². The van der Waals surface area contributed by atoms with E-state index in [4.69, 9.17) is 14.3 Å². The first-order valence-electron chi connectivity index (χ1n) is 20.0. The van der Waals surface area contributed by atoms with Crippen LogP contribution in [0, 0.1) is 23.7 Å². The van der Waals surface area contributed by atoms with Gasteiger partial charge in [-0.15, -0.1) is 0 Å². The first-order valence-corrected chi connectivity index (χ1v) is 20.0. The van der Waals surface area contributed by atoms with Crippen molar-refractivity contribution in [3.8, 4) is 0 Å². The van der Waals surface area contributed by atoms with Gasteiger partial charge in [-0.3, -0.25) is 24.4 Å². The average Bonchev–Trinajstić information content (AvgIpc) is 3.83. The Morgan fingerprint density at radius 2 is 1.11 bits per heavy atom. The molecule has 4 aliphatic rings. The zero-order chi connectivity index (χ0) is 37.7. The molecule has 15 heteroatoms. The SMILES string of the molecule is CC1CN(C(=O)c2noc([C@H](CCCC3CCCCC3)CC(=O)NO)n2)C1.CC1CN(C(=O)c2noc([C@H](CCCC3CCCCC3)CC(=O)O)n2)C1. The van der Waals surface area contributed by atoms with Crippen molar-refractivity contribution in [1.82, 2.24) is 35.6 Å². The number of carboxylic acid groups (broad SMARTS) is 1. The normalized spacial score (nSPS) is 19.8. The van der Waals surface area contributed by atoms with Crippen LogP contribution in [0.15, 0.2) is 9.05 Å². The lowest BCUT2D eigenvalue weighted by atomic mass is 9.84. The van der Waals surface area contributed by atoms with Crippen LogP contribution in [0.2, 0.25) is 0 Å². The van der Waals surface area contributed by atoms with Gasteiger partial charge in [0.1, 0.15) is 0 Å². The summed E-state index contributed by atoms with van der Waals surface area (Å²) < 4.78 is 10.6. The molecule has 3 amide bonds. The highest BCUT2D eigenvalue weighted by Gasteiger charge is 2.33. The molecular formula is C38H59N7O8. The summed E-state index contributed by atoms with van der Waals surface area (Å²) in [6.45, 7) is 7.01. The third kappa shape index (κ3) is 12.1. The van der Waals surface area contributed by atoms with Crippen LogP contribution in [0.1, 0.15) is 174 Å². The molecule has 2 atom stereocenters. The number of likely N-dealkylation sites (tertiary alicyclic amines) is 2. The van der Waals surface area contributed by atoms with Gasteiger partial charge < -0.3 is 24.0 Å². The largest absolute Gasteiger partial charge is 0.481 e. The monoisotopic (exact) mass is 741 g/mol. The molecule has 0 unspecified atom stereocenters. The Labute approximate surface area is 312 Å². The standard InChI is InChI=1S/C19H30N4O4.C19H29N3O4/c1-13-11-23(12-13)19(25)17-20-18(27-22-17)15(10-16(24)21-26)9-5-8-14-6-3-2-4-7-14;1-13-11-22(12-13)19(25)17-20-18(26-21-17)15(10-16(23)24)9-5-8-14-6-3-2-4-7-14/h13-15,26H,2-12H2,1H3,(H,21,24);13-15H,2-12H2,1H3,(H,23,24)/t2*15-/m11/s1. The molecule has 2 aromatic rings. The third-order valence-electron chi connectivity index (χ3n) is 11.4. The van der Waals surface area contributed by atoms with Crippen LogP contribution in [0.25, 0.3) is 0 Å². The molecule has 2 saturated heterocycles. The number of rotatable bonds is 16. The molecule has 4 fully saturated rings. The molecule has 3 N–H and O–H groups in total. The number of carbonyl (C=O) groups excluding carboxylic acids is 3. The molecule has 294 valence electrons. The van der Waals surface area contributed by atoms with Crippen molar-refractivity contribution >= 4 is 23.7 Å². The minimum absolute atomic E-state index is 0.0404. The fraction of sp³-hybridized carbons (Fsp3) is 0.789. The summed E-state index contributed by atoms with van der Waals surface area (Å²) in [6, 6.07) is 0. The quantitative estimate of drug-likeness (QED) is 0.127. The second-order valence-electron chi connectivity index (χ2n) is 16.1. The number of amides is 3. The van der Waals surface area contributed by atoms with Gasteiger partial charge in [-0.05, 0) is 36.5 Å². The number of hydrogen-bond donors (Lipinski definition) is 3. The van der Waals surface area contributed by atoms with E-state index in [-0.39, 0.29) is 54.0 Å². The highest BCUT2D eigenvalue weighted by Crippen LogP contribution is 2.33. The van der Waals surface area contributed by atoms with E-state index in [2.05, 4.69) is 34.1 Å². The molecular weight excluding hydrogens is 682 g/mol. The van der Waals surface area contributed by atoms with Crippen LogP contribution in [0.4, 0.5) is 0 Å². The zero-order valence-corrected chi connectivity index (χ0v) is 31.5. The predicted octanol–water partition coefficient (Wildman–Crippen LogP) is 6.36. The van der Waals surface area contributed by atoms with Gasteiger partial charge in [0, 0.05) is 44.4 Å². The summed E-state index contributed by atoms with van der Waals surface area (Å²) in [4.78, 5) is 59.4. The number of nitrogens with zero attached hydrogens (tertiary/aromatic N) is 6. The highest BCUT2D eigenvalue weighted by molar-refractivity contribution is 5.91. The van der Waals surface area contributed by atoms with E-state index >= 15 is 0 Å². The first kappa shape index (κ1) is 40.3. The van der Waals surface area contributed by atoms with Crippen LogP contribution in [0.3, 0.4) is 0 Å². The molecule has 2 aliphatic carbocycles. The number of carboxylic acids is 1. The average molecular weight is 742 g/mol. The topological polar surface area (TPSA) is 205 Å². The van der Waals surface area contributed by atoms with Crippen LogP contribution >= 0.6 is 0 Å². The summed E-state index contributed by atoms with van der Waals surface area (Å²) >= 11 is 0. The number of hydroxylamine groups is 1. The maximum Gasteiger partial charge on any atom is 0.304 e. The van der Waals surface area contributed by atoms with Gasteiger partial charge in [-0.25, -0.2) is 5.48 Å². The van der Waals surface area contributed by atoms with Crippen LogP contribution in [-0.2, 0) is 9.59 Å². The minimum Gasteiger partial charge on any atom is -0.481 e. The van der Waals surface area contributed by atoms with Crippen molar-refractivity contribution in [3.63, 3.8) is 0 Å². The lowest BCUT2D eigenvalue weighted by Gasteiger charge is -2.36. The van der Waals surface area contributed by atoms with E-state index < -0.39 is 11.9 Å². The third-order valence-corrected chi connectivity index (χ3v) is 11.4. The Morgan fingerprint density at radius 1 is 0.698 bits per heavy atom. The molecule has 0 spiro atoms. The lowest BCUT2D eigenvalue weighted by molar-refractivity contribution is -0.137. The maximum atomic E-state index is 12.3. The summed E-state index contributed by atoms with van der Waals surface area (Å²) in [5.74, 6) is 0.805. The van der Waals surface area contributed by atoms with Crippen LogP contribution in [-0.4, -0.2) is 90.3 Å². The maximum absolute atomic E-state index is 12.3. The predicted molar refractivity (Wildman–Crippen MR) is 192 cm³/mol. The number of hydrogen-bond acceptors (Lipinski definition) is 11. The molecule has 4 heterocycles. The van der Waals surface area contributed by atoms with Gasteiger partial charge in [0.2, 0.25) is 17.7 Å². The van der Waals surface area contributed by atoms with Crippen LogP contribution < -0.4 is 5.48 Å². The second kappa shape index (κ2) is 20.0. The molecule has 2 aliphatic heterocycles. The molecule has 0 radical (unpaired) electrons. The number of aromatic nitrogens is 4. The summed E-state index contributed by atoms with van der Waals surface area (Å²) in [7, 11) is 0. The van der Waals surface area contributed by atoms with Crippen molar-refractivity contribution in [3.05, 3.63) is 23.4 Å². The fourth-order valence-electron chi connectivity index (χ4n) is 8.35. The van der Waals surface area contributed by atoms with Gasteiger partial charge in [-0.1, -0.05) is 114 Å². The van der Waals surface area contributed by atoms with Gasteiger partial charge >= 0.3 is 5.97 Å². The highest BCUT2D eigenvalue weighted by atomic mass is 16.5. The molecule has 0 bridgehead atoms.